The van der Waals surface area contributed by atoms with Gasteiger partial charge >= 0.3 is 0 Å². The van der Waals surface area contributed by atoms with E-state index in [-0.39, 0.29) is 11.3 Å². The van der Waals surface area contributed by atoms with Crippen molar-refractivity contribution >= 4 is 5.91 Å². The summed E-state index contributed by atoms with van der Waals surface area (Å²) >= 11 is 0. The zero-order chi connectivity index (χ0) is 16.6. The zero-order valence-electron chi connectivity index (χ0n) is 14.0. The molecule has 2 fully saturated rings. The molecule has 2 atom stereocenters. The lowest BCUT2D eigenvalue weighted by Gasteiger charge is -2.51. The SMILES string of the molecule is NC(=O)c1cccc(C23CCCC(C2)N(Cc2ccc[nH]2)CC3)c1. The average Bonchev–Trinajstić information content (AvgIpc) is 3.11. The van der Waals surface area contributed by atoms with Crippen LogP contribution in [-0.4, -0.2) is 28.4 Å². The van der Waals surface area contributed by atoms with Gasteiger partial charge in [0.1, 0.15) is 0 Å². The van der Waals surface area contributed by atoms with Crippen molar-refractivity contribution < 1.29 is 4.79 Å². The summed E-state index contributed by atoms with van der Waals surface area (Å²) in [5.74, 6) is -0.329. The third kappa shape index (κ3) is 2.75. The molecule has 0 radical (unpaired) electrons. The van der Waals surface area contributed by atoms with Gasteiger partial charge in [-0.25, -0.2) is 0 Å². The number of carbonyl (C=O) groups is 1. The van der Waals surface area contributed by atoms with Gasteiger partial charge in [-0.3, -0.25) is 9.69 Å². The van der Waals surface area contributed by atoms with Crippen LogP contribution in [0.25, 0.3) is 0 Å². The molecule has 3 N–H and O–H groups in total. The van der Waals surface area contributed by atoms with Crippen molar-refractivity contribution in [2.75, 3.05) is 6.54 Å². The van der Waals surface area contributed by atoms with Crippen molar-refractivity contribution in [1.29, 1.82) is 0 Å². The second kappa shape index (κ2) is 6.10. The van der Waals surface area contributed by atoms with Crippen LogP contribution in [0.2, 0.25) is 0 Å². The molecule has 1 aliphatic carbocycles. The number of H-pyrrole nitrogens is 1. The number of nitrogens with one attached hydrogen (secondary N) is 1. The average molecular weight is 323 g/mol. The van der Waals surface area contributed by atoms with E-state index < -0.39 is 0 Å². The van der Waals surface area contributed by atoms with E-state index in [1.807, 2.05) is 24.4 Å². The molecule has 0 spiro atoms. The maximum atomic E-state index is 11.5. The first kappa shape index (κ1) is 15.5. The summed E-state index contributed by atoms with van der Waals surface area (Å²) < 4.78 is 0. The molecule has 4 heteroatoms. The van der Waals surface area contributed by atoms with E-state index in [1.165, 1.54) is 36.9 Å². The fourth-order valence-electron chi connectivity index (χ4n) is 4.71. The molecular formula is C20H25N3O. The van der Waals surface area contributed by atoms with Crippen LogP contribution in [0.1, 0.15) is 53.7 Å². The van der Waals surface area contributed by atoms with Crippen LogP contribution in [0.5, 0.6) is 0 Å². The number of primary amides is 1. The number of aromatic amines is 1. The van der Waals surface area contributed by atoms with Crippen molar-refractivity contribution in [2.45, 2.75) is 50.1 Å². The Hall–Kier alpha value is -2.07. The van der Waals surface area contributed by atoms with Gasteiger partial charge in [-0.15, -0.1) is 0 Å². The van der Waals surface area contributed by atoms with Crippen LogP contribution < -0.4 is 5.73 Å². The quantitative estimate of drug-likeness (QED) is 0.907. The van der Waals surface area contributed by atoms with Gasteiger partial charge < -0.3 is 10.7 Å². The number of carbonyl (C=O) groups excluding carboxylic acids is 1. The molecule has 1 saturated heterocycles. The normalized spacial score (nSPS) is 27.1. The standard InChI is InChI=1S/C20H25N3O/c21-19(24)15-4-1-5-16(12-15)20-8-2-7-18(13-20)23(11-9-20)14-17-6-3-10-22-17/h1,3-6,10,12,18,22H,2,7-9,11,13-14H2,(H2,21,24). The first-order valence-corrected chi connectivity index (χ1v) is 8.93. The zero-order valence-corrected chi connectivity index (χ0v) is 14.0. The van der Waals surface area contributed by atoms with Crippen LogP contribution in [0.15, 0.2) is 42.6 Å². The summed E-state index contributed by atoms with van der Waals surface area (Å²) in [4.78, 5) is 17.5. The van der Waals surface area contributed by atoms with Gasteiger partial charge in [0, 0.05) is 30.0 Å². The summed E-state index contributed by atoms with van der Waals surface area (Å²) in [5.41, 5.74) is 8.95. The second-order valence-electron chi connectivity index (χ2n) is 7.39. The Morgan fingerprint density at radius 1 is 1.29 bits per heavy atom. The maximum Gasteiger partial charge on any atom is 0.248 e. The van der Waals surface area contributed by atoms with Crippen LogP contribution in [-0.2, 0) is 12.0 Å². The molecule has 2 unspecified atom stereocenters. The summed E-state index contributed by atoms with van der Waals surface area (Å²) in [7, 11) is 0. The lowest BCUT2D eigenvalue weighted by molar-refractivity contribution is 0.0451. The fourth-order valence-corrected chi connectivity index (χ4v) is 4.71. The molecule has 2 heterocycles. The highest BCUT2D eigenvalue weighted by Gasteiger charge is 2.43. The molecule has 2 aromatic rings. The number of aromatic nitrogens is 1. The minimum Gasteiger partial charge on any atom is -0.366 e. The van der Waals surface area contributed by atoms with Crippen LogP contribution in [0, 0.1) is 0 Å². The van der Waals surface area contributed by atoms with Crippen molar-refractivity contribution in [3.63, 3.8) is 0 Å². The summed E-state index contributed by atoms with van der Waals surface area (Å²) in [6, 6.07) is 12.9. The van der Waals surface area contributed by atoms with E-state index in [2.05, 4.69) is 28.1 Å². The van der Waals surface area contributed by atoms with Crippen molar-refractivity contribution in [2.24, 2.45) is 5.73 Å². The highest BCUT2D eigenvalue weighted by molar-refractivity contribution is 5.92. The lowest BCUT2D eigenvalue weighted by Crippen LogP contribution is -2.51. The first-order chi connectivity index (χ1) is 11.7. The summed E-state index contributed by atoms with van der Waals surface area (Å²) in [5, 5.41) is 0. The number of hydrogen-bond donors (Lipinski definition) is 2. The molecular weight excluding hydrogens is 298 g/mol. The minimum absolute atomic E-state index is 0.223. The largest absolute Gasteiger partial charge is 0.366 e. The molecule has 1 aromatic carbocycles. The summed E-state index contributed by atoms with van der Waals surface area (Å²) in [6.45, 7) is 2.12. The Labute approximate surface area is 143 Å². The van der Waals surface area contributed by atoms with Gasteiger partial charge in [0.2, 0.25) is 5.91 Å². The van der Waals surface area contributed by atoms with Crippen LogP contribution in [0.4, 0.5) is 0 Å². The van der Waals surface area contributed by atoms with Gasteiger partial charge in [0.25, 0.3) is 0 Å². The number of likely N-dealkylation sites (tertiary alicyclic amines) is 1. The number of rotatable bonds is 4. The van der Waals surface area contributed by atoms with Gasteiger partial charge in [0.05, 0.1) is 0 Å². The van der Waals surface area contributed by atoms with Crippen LogP contribution in [0.3, 0.4) is 0 Å². The van der Waals surface area contributed by atoms with E-state index >= 15 is 0 Å². The molecule has 4 rings (SSSR count). The highest BCUT2D eigenvalue weighted by Crippen LogP contribution is 2.47. The minimum atomic E-state index is -0.329. The third-order valence-electron chi connectivity index (χ3n) is 6.01. The molecule has 126 valence electrons. The Balaban J connectivity index is 1.57. The first-order valence-electron chi connectivity index (χ1n) is 8.93. The maximum absolute atomic E-state index is 11.5. The number of fused-ring (bicyclic) bond motifs is 2. The number of amides is 1. The molecule has 1 saturated carbocycles. The van der Waals surface area contributed by atoms with Gasteiger partial charge in [0.15, 0.2) is 0 Å². The molecule has 1 amide bonds. The predicted molar refractivity (Wildman–Crippen MR) is 94.7 cm³/mol. The Morgan fingerprint density at radius 3 is 3.00 bits per heavy atom. The summed E-state index contributed by atoms with van der Waals surface area (Å²) in [6.07, 6.45) is 8.11. The molecule has 1 aliphatic heterocycles. The molecule has 1 aromatic heterocycles. The topological polar surface area (TPSA) is 62.1 Å². The van der Waals surface area contributed by atoms with Crippen LogP contribution >= 0.6 is 0 Å². The highest BCUT2D eigenvalue weighted by atomic mass is 16.1. The number of nitrogens with two attached hydrogens (primary N) is 1. The van der Waals surface area contributed by atoms with Crippen molar-refractivity contribution in [3.8, 4) is 0 Å². The molecule has 2 bridgehead atoms. The van der Waals surface area contributed by atoms with Crippen molar-refractivity contribution in [1.82, 2.24) is 9.88 Å². The number of nitrogens with zero attached hydrogens (tertiary/aromatic N) is 1. The Bertz CT molecular complexity index is 724. The van der Waals surface area contributed by atoms with Gasteiger partial charge in [-0.1, -0.05) is 18.6 Å². The Morgan fingerprint density at radius 2 is 2.21 bits per heavy atom. The smallest absolute Gasteiger partial charge is 0.248 e. The molecule has 2 aliphatic rings. The Kier molecular flexibility index (Phi) is 3.93. The van der Waals surface area contributed by atoms with E-state index in [0.29, 0.717) is 11.6 Å². The van der Waals surface area contributed by atoms with E-state index in [4.69, 9.17) is 5.73 Å². The van der Waals surface area contributed by atoms with E-state index in [9.17, 15) is 4.79 Å². The van der Waals surface area contributed by atoms with Crippen molar-refractivity contribution in [3.05, 3.63) is 59.4 Å². The van der Waals surface area contributed by atoms with Gasteiger partial charge in [-0.2, -0.15) is 0 Å². The third-order valence-corrected chi connectivity index (χ3v) is 6.01. The molecule has 24 heavy (non-hydrogen) atoms. The second-order valence-corrected chi connectivity index (χ2v) is 7.39. The molecule has 4 nitrogen and oxygen atoms in total. The fraction of sp³-hybridized carbons (Fsp3) is 0.450. The number of hydrogen-bond acceptors (Lipinski definition) is 2. The van der Waals surface area contributed by atoms with Gasteiger partial charge in [-0.05, 0) is 67.5 Å². The predicted octanol–water partition coefficient (Wildman–Crippen LogP) is 3.20. The van der Waals surface area contributed by atoms with E-state index in [1.54, 1.807) is 0 Å². The number of piperidine rings is 1. The number of benzene rings is 1. The van der Waals surface area contributed by atoms with E-state index in [0.717, 1.165) is 19.5 Å². The lowest BCUT2D eigenvalue weighted by atomic mass is 9.63. The monoisotopic (exact) mass is 323 g/mol.